The maximum Gasteiger partial charge on any atom is 0.0855 e. The Labute approximate surface area is 85.9 Å². The summed E-state index contributed by atoms with van der Waals surface area (Å²) in [4.78, 5) is 9.91. The van der Waals surface area contributed by atoms with Crippen molar-refractivity contribution >= 4 is 0 Å². The fourth-order valence-electron chi connectivity index (χ4n) is 4.46. The minimum atomic E-state index is 0.808. The maximum atomic E-state index is 5.16. The van der Waals surface area contributed by atoms with Crippen LogP contribution in [0.5, 0.6) is 0 Å². The van der Waals surface area contributed by atoms with Crippen molar-refractivity contribution in [3.8, 4) is 0 Å². The molecule has 0 spiro atoms. The molecule has 2 nitrogen and oxygen atoms in total. The molecule has 0 aromatic carbocycles. The molecule has 4 saturated carbocycles. The van der Waals surface area contributed by atoms with Crippen LogP contribution >= 0.6 is 0 Å². The minimum absolute atomic E-state index is 0.808. The molecule has 0 aromatic rings. The molecular weight excluding hydrogens is 176 g/mol. The van der Waals surface area contributed by atoms with Crippen LogP contribution in [0.3, 0.4) is 0 Å². The Kier molecular flexibility index (Phi) is 2.29. The van der Waals surface area contributed by atoms with E-state index in [1.807, 2.05) is 0 Å². The lowest BCUT2D eigenvalue weighted by Gasteiger charge is -2.54. The van der Waals surface area contributed by atoms with Crippen LogP contribution in [0.4, 0.5) is 0 Å². The average molecular weight is 196 g/mol. The minimum Gasteiger partial charge on any atom is -0.240 e. The molecule has 0 aliphatic heterocycles. The summed E-state index contributed by atoms with van der Waals surface area (Å²) in [5.74, 6) is 4.86. The standard InChI is InChI=1S/C12H20O2/c1-13-14-7-12-10-3-8-2-9(5-10)6-11(12)4-8/h8-12H,2-7H2,1H3. The summed E-state index contributed by atoms with van der Waals surface area (Å²) in [7, 11) is 1.62. The number of rotatable bonds is 3. The first-order chi connectivity index (χ1) is 6.86. The Morgan fingerprint density at radius 3 is 2.00 bits per heavy atom. The summed E-state index contributed by atoms with van der Waals surface area (Å²) in [6, 6.07) is 0. The van der Waals surface area contributed by atoms with Crippen molar-refractivity contribution in [2.75, 3.05) is 13.7 Å². The summed E-state index contributed by atoms with van der Waals surface area (Å²) >= 11 is 0. The van der Waals surface area contributed by atoms with Crippen LogP contribution in [0.1, 0.15) is 32.1 Å². The predicted molar refractivity (Wildman–Crippen MR) is 53.5 cm³/mol. The van der Waals surface area contributed by atoms with E-state index in [-0.39, 0.29) is 0 Å². The first kappa shape index (κ1) is 9.17. The maximum absolute atomic E-state index is 5.16. The van der Waals surface area contributed by atoms with Gasteiger partial charge in [0, 0.05) is 0 Å². The third-order valence-corrected chi connectivity index (χ3v) is 4.80. The van der Waals surface area contributed by atoms with Crippen molar-refractivity contribution in [1.29, 1.82) is 0 Å². The van der Waals surface area contributed by atoms with Crippen LogP contribution < -0.4 is 0 Å². The van der Waals surface area contributed by atoms with Gasteiger partial charge in [-0.25, -0.2) is 9.78 Å². The van der Waals surface area contributed by atoms with Crippen molar-refractivity contribution in [3.63, 3.8) is 0 Å². The molecule has 2 heteroatoms. The molecule has 4 aliphatic rings. The fraction of sp³-hybridized carbons (Fsp3) is 1.00. The molecule has 4 bridgehead atoms. The van der Waals surface area contributed by atoms with Gasteiger partial charge in [-0.15, -0.1) is 0 Å². The first-order valence-electron chi connectivity index (χ1n) is 6.02. The molecule has 0 atom stereocenters. The molecule has 0 unspecified atom stereocenters. The highest BCUT2D eigenvalue weighted by Gasteiger charge is 2.48. The average Bonchev–Trinajstić information content (AvgIpc) is 2.15. The van der Waals surface area contributed by atoms with Gasteiger partial charge >= 0.3 is 0 Å². The summed E-state index contributed by atoms with van der Waals surface area (Å²) in [5.41, 5.74) is 0. The third-order valence-electron chi connectivity index (χ3n) is 4.80. The normalized spacial score (nSPS) is 49.9. The number of hydrogen-bond donors (Lipinski definition) is 0. The molecule has 0 saturated heterocycles. The Hall–Kier alpha value is -0.0800. The van der Waals surface area contributed by atoms with Crippen molar-refractivity contribution in [2.24, 2.45) is 29.6 Å². The highest BCUT2D eigenvalue weighted by atomic mass is 17.2. The van der Waals surface area contributed by atoms with Gasteiger partial charge in [0.2, 0.25) is 0 Å². The Morgan fingerprint density at radius 1 is 0.929 bits per heavy atom. The number of hydrogen-bond acceptors (Lipinski definition) is 2. The van der Waals surface area contributed by atoms with E-state index in [0.717, 1.165) is 36.2 Å². The van der Waals surface area contributed by atoms with Crippen LogP contribution in [0, 0.1) is 29.6 Å². The van der Waals surface area contributed by atoms with Gasteiger partial charge in [-0.3, -0.25) is 0 Å². The van der Waals surface area contributed by atoms with Crippen molar-refractivity contribution < 1.29 is 9.78 Å². The van der Waals surface area contributed by atoms with E-state index in [2.05, 4.69) is 0 Å². The third kappa shape index (κ3) is 1.40. The van der Waals surface area contributed by atoms with Crippen LogP contribution in [0.25, 0.3) is 0 Å². The molecular formula is C12H20O2. The zero-order chi connectivity index (χ0) is 9.54. The summed E-state index contributed by atoms with van der Waals surface area (Å²) in [5, 5.41) is 0. The van der Waals surface area contributed by atoms with Gasteiger partial charge in [-0.05, 0) is 61.7 Å². The van der Waals surface area contributed by atoms with Gasteiger partial charge in [0.1, 0.15) is 0 Å². The highest BCUT2D eigenvalue weighted by molar-refractivity contribution is 4.97. The molecule has 0 amide bonds. The highest BCUT2D eigenvalue weighted by Crippen LogP contribution is 2.56. The predicted octanol–water partition coefficient (Wildman–Crippen LogP) is 2.64. The Balaban J connectivity index is 1.69. The molecule has 0 N–H and O–H groups in total. The zero-order valence-corrected chi connectivity index (χ0v) is 8.95. The Bertz CT molecular complexity index is 186. The van der Waals surface area contributed by atoms with E-state index >= 15 is 0 Å². The quantitative estimate of drug-likeness (QED) is 0.510. The van der Waals surface area contributed by atoms with E-state index in [1.165, 1.54) is 32.1 Å². The molecule has 0 heterocycles. The largest absolute Gasteiger partial charge is 0.240 e. The van der Waals surface area contributed by atoms with E-state index in [9.17, 15) is 0 Å². The van der Waals surface area contributed by atoms with Crippen LogP contribution in [0.2, 0.25) is 0 Å². The van der Waals surface area contributed by atoms with E-state index in [1.54, 1.807) is 7.11 Å². The van der Waals surface area contributed by atoms with Gasteiger partial charge in [0.15, 0.2) is 0 Å². The molecule has 14 heavy (non-hydrogen) atoms. The SMILES string of the molecule is COOCC1C2CC3CC(C2)CC1C3. The van der Waals surface area contributed by atoms with E-state index < -0.39 is 0 Å². The lowest BCUT2D eigenvalue weighted by molar-refractivity contribution is -0.291. The summed E-state index contributed by atoms with van der Waals surface area (Å²) < 4.78 is 0. The first-order valence-corrected chi connectivity index (χ1v) is 6.02. The monoisotopic (exact) mass is 196 g/mol. The molecule has 0 radical (unpaired) electrons. The molecule has 4 rings (SSSR count). The van der Waals surface area contributed by atoms with Crippen molar-refractivity contribution in [1.82, 2.24) is 0 Å². The van der Waals surface area contributed by atoms with Crippen molar-refractivity contribution in [3.05, 3.63) is 0 Å². The summed E-state index contributed by atoms with van der Waals surface area (Å²) in [6.07, 6.45) is 7.44. The smallest absolute Gasteiger partial charge is 0.0855 e. The van der Waals surface area contributed by atoms with Gasteiger partial charge < -0.3 is 0 Å². The lowest BCUT2D eigenvalue weighted by Crippen LogP contribution is -2.46. The lowest BCUT2D eigenvalue weighted by atomic mass is 9.52. The summed E-state index contributed by atoms with van der Waals surface area (Å²) in [6.45, 7) is 0.839. The molecule has 0 aromatic heterocycles. The molecule has 80 valence electrons. The van der Waals surface area contributed by atoms with Gasteiger partial charge in [0.05, 0.1) is 13.7 Å². The zero-order valence-electron chi connectivity index (χ0n) is 8.95. The fourth-order valence-corrected chi connectivity index (χ4v) is 4.46. The second-order valence-corrected chi connectivity index (χ2v) is 5.55. The van der Waals surface area contributed by atoms with Crippen LogP contribution in [-0.2, 0) is 9.78 Å². The molecule has 4 fully saturated rings. The van der Waals surface area contributed by atoms with E-state index in [4.69, 9.17) is 9.78 Å². The van der Waals surface area contributed by atoms with Gasteiger partial charge in [-0.2, -0.15) is 0 Å². The van der Waals surface area contributed by atoms with Crippen LogP contribution in [0.15, 0.2) is 0 Å². The topological polar surface area (TPSA) is 18.5 Å². The molecule has 4 aliphatic carbocycles. The van der Waals surface area contributed by atoms with Gasteiger partial charge in [0.25, 0.3) is 0 Å². The Morgan fingerprint density at radius 2 is 1.50 bits per heavy atom. The second kappa shape index (κ2) is 3.49. The second-order valence-electron chi connectivity index (χ2n) is 5.55. The van der Waals surface area contributed by atoms with E-state index in [0.29, 0.717) is 0 Å². The van der Waals surface area contributed by atoms with Crippen LogP contribution in [-0.4, -0.2) is 13.7 Å². The van der Waals surface area contributed by atoms with Crippen molar-refractivity contribution in [2.45, 2.75) is 32.1 Å². The van der Waals surface area contributed by atoms with Gasteiger partial charge in [-0.1, -0.05) is 0 Å².